The third kappa shape index (κ3) is 3.93. The zero-order valence-electron chi connectivity index (χ0n) is 13.1. The maximum Gasteiger partial charge on any atom is 0.219 e. The summed E-state index contributed by atoms with van der Waals surface area (Å²) in [5, 5.41) is 0. The second-order valence-corrected chi connectivity index (χ2v) is 12.4. The van der Waals surface area contributed by atoms with Gasteiger partial charge in [0.2, 0.25) is 5.91 Å². The lowest BCUT2D eigenvalue weighted by atomic mass is 10.0. The van der Waals surface area contributed by atoms with Gasteiger partial charge in [-0.05, 0) is 11.7 Å². The number of benzene rings is 1. The van der Waals surface area contributed by atoms with Gasteiger partial charge < -0.3 is 4.90 Å². The van der Waals surface area contributed by atoms with Gasteiger partial charge in [0.1, 0.15) is 0 Å². The van der Waals surface area contributed by atoms with Gasteiger partial charge in [0.15, 0.2) is 0 Å². The molecule has 0 spiro atoms. The van der Waals surface area contributed by atoms with Gasteiger partial charge in [0.05, 0.1) is 14.1 Å². The summed E-state index contributed by atoms with van der Waals surface area (Å²) in [6.07, 6.45) is 1.19. The van der Waals surface area contributed by atoms with Crippen LogP contribution in [-0.2, 0) is 4.79 Å². The fourth-order valence-corrected chi connectivity index (χ4v) is 4.49. The summed E-state index contributed by atoms with van der Waals surface area (Å²) in [6, 6.07) is 11.0. The van der Waals surface area contributed by atoms with Crippen LogP contribution in [-0.4, -0.2) is 49.6 Å². The quantitative estimate of drug-likeness (QED) is 0.799. The summed E-state index contributed by atoms with van der Waals surface area (Å²) in [5.74, 6) is 0.193. The second kappa shape index (κ2) is 6.10. The van der Waals surface area contributed by atoms with Crippen molar-refractivity contribution in [1.82, 2.24) is 9.80 Å². The van der Waals surface area contributed by atoms with Crippen molar-refractivity contribution < 1.29 is 4.79 Å². The fourth-order valence-electron chi connectivity index (χ4n) is 2.90. The molecule has 0 bridgehead atoms. The van der Waals surface area contributed by atoms with Gasteiger partial charge >= 0.3 is 0 Å². The summed E-state index contributed by atoms with van der Waals surface area (Å²) in [5.41, 5.74) is 1.33. The van der Waals surface area contributed by atoms with E-state index in [1.54, 1.807) is 6.92 Å². The van der Waals surface area contributed by atoms with E-state index in [0.717, 1.165) is 19.6 Å². The van der Waals surface area contributed by atoms with Crippen LogP contribution in [0, 0.1) is 0 Å². The molecule has 1 aliphatic heterocycles. The normalized spacial score (nSPS) is 21.0. The smallest absolute Gasteiger partial charge is 0.219 e. The van der Waals surface area contributed by atoms with E-state index in [9.17, 15) is 4.79 Å². The predicted molar refractivity (Wildman–Crippen MR) is 86.4 cm³/mol. The molecular weight excluding hydrogens is 264 g/mol. The first-order chi connectivity index (χ1) is 9.37. The molecule has 110 valence electrons. The molecule has 1 amide bonds. The van der Waals surface area contributed by atoms with E-state index >= 15 is 0 Å². The summed E-state index contributed by atoms with van der Waals surface area (Å²) in [4.78, 5) is 16.3. The Morgan fingerprint density at radius 2 is 1.85 bits per heavy atom. The van der Waals surface area contributed by atoms with Gasteiger partial charge in [-0.15, -0.1) is 0 Å². The number of carbonyl (C=O) groups is 1. The van der Waals surface area contributed by atoms with Crippen LogP contribution in [0.3, 0.4) is 0 Å². The number of piperazine rings is 1. The van der Waals surface area contributed by atoms with E-state index < -0.39 is 8.07 Å². The third-order valence-corrected chi connectivity index (χ3v) is 5.15. The lowest BCUT2D eigenvalue weighted by Crippen LogP contribution is -2.53. The minimum absolute atomic E-state index is 0.193. The highest BCUT2D eigenvalue weighted by Gasteiger charge is 2.31. The second-order valence-electron chi connectivity index (χ2n) is 6.92. The Balaban J connectivity index is 2.21. The maximum absolute atomic E-state index is 11.7. The Bertz CT molecular complexity index is 455. The average Bonchev–Trinajstić information content (AvgIpc) is 2.38. The van der Waals surface area contributed by atoms with Crippen LogP contribution in [0.15, 0.2) is 30.3 Å². The molecule has 1 aliphatic rings. The number of hydrogen-bond donors (Lipinski definition) is 0. The number of amides is 1. The molecule has 1 aromatic rings. The van der Waals surface area contributed by atoms with Crippen LogP contribution < -0.4 is 0 Å². The highest BCUT2D eigenvalue weighted by atomic mass is 28.3. The summed E-state index contributed by atoms with van der Waals surface area (Å²) in [7, 11) is -1.15. The average molecular weight is 290 g/mol. The summed E-state index contributed by atoms with van der Waals surface area (Å²) < 4.78 is 0. The molecule has 1 fully saturated rings. The van der Waals surface area contributed by atoms with Gasteiger partial charge in [0.25, 0.3) is 0 Å². The third-order valence-electron chi connectivity index (χ3n) is 3.80. The standard InChI is InChI=1S/C16H26N2OSi/c1-14(19)17-10-11-18(13-20(2,3)4)16(12-17)15-8-6-5-7-9-15/h5-9,16H,10-13H2,1-4H3. The van der Waals surface area contributed by atoms with Crippen molar-refractivity contribution in [1.29, 1.82) is 0 Å². The molecule has 1 atom stereocenters. The maximum atomic E-state index is 11.7. The van der Waals surface area contributed by atoms with Crippen LogP contribution in [0.1, 0.15) is 18.5 Å². The first kappa shape index (κ1) is 15.3. The summed E-state index contributed by atoms with van der Waals surface area (Å²) in [6.45, 7) is 11.6. The highest BCUT2D eigenvalue weighted by Crippen LogP contribution is 2.26. The zero-order chi connectivity index (χ0) is 14.8. The number of rotatable bonds is 3. The molecule has 0 aromatic heterocycles. The van der Waals surface area contributed by atoms with Crippen LogP contribution in [0.25, 0.3) is 0 Å². The van der Waals surface area contributed by atoms with E-state index in [0.29, 0.717) is 6.04 Å². The molecule has 20 heavy (non-hydrogen) atoms. The molecule has 4 heteroatoms. The van der Waals surface area contributed by atoms with Gasteiger partial charge in [-0.25, -0.2) is 0 Å². The van der Waals surface area contributed by atoms with Crippen molar-refractivity contribution in [3.63, 3.8) is 0 Å². The molecule has 0 N–H and O–H groups in total. The Hall–Kier alpha value is -1.13. The molecule has 0 aliphatic carbocycles. The topological polar surface area (TPSA) is 23.6 Å². The van der Waals surface area contributed by atoms with E-state index in [1.807, 2.05) is 4.90 Å². The Labute approximate surface area is 123 Å². The van der Waals surface area contributed by atoms with Crippen molar-refractivity contribution in [2.24, 2.45) is 0 Å². The van der Waals surface area contributed by atoms with Gasteiger partial charge in [-0.2, -0.15) is 0 Å². The van der Waals surface area contributed by atoms with Crippen molar-refractivity contribution in [2.75, 3.05) is 25.8 Å². The lowest BCUT2D eigenvalue weighted by molar-refractivity contribution is -0.131. The number of nitrogens with zero attached hydrogens (tertiary/aromatic N) is 2. The predicted octanol–water partition coefficient (Wildman–Crippen LogP) is 2.77. The van der Waals surface area contributed by atoms with Crippen molar-refractivity contribution in [3.8, 4) is 0 Å². The Morgan fingerprint density at radius 1 is 1.20 bits per heavy atom. The van der Waals surface area contributed by atoms with Gasteiger partial charge in [-0.3, -0.25) is 9.69 Å². The molecule has 1 aromatic carbocycles. The molecular formula is C16H26N2OSi. The van der Waals surface area contributed by atoms with Crippen LogP contribution >= 0.6 is 0 Å². The minimum atomic E-state index is -1.15. The Morgan fingerprint density at radius 3 is 2.40 bits per heavy atom. The van der Waals surface area contributed by atoms with Gasteiger partial charge in [0, 0.05) is 26.6 Å². The molecule has 1 heterocycles. The van der Waals surface area contributed by atoms with E-state index in [-0.39, 0.29) is 5.91 Å². The highest BCUT2D eigenvalue weighted by molar-refractivity contribution is 6.76. The summed E-state index contributed by atoms with van der Waals surface area (Å²) >= 11 is 0. The molecule has 0 radical (unpaired) electrons. The molecule has 1 unspecified atom stereocenters. The number of hydrogen-bond acceptors (Lipinski definition) is 2. The van der Waals surface area contributed by atoms with E-state index in [4.69, 9.17) is 0 Å². The van der Waals surface area contributed by atoms with Crippen molar-refractivity contribution in [2.45, 2.75) is 32.6 Å². The Kier molecular flexibility index (Phi) is 4.65. The lowest BCUT2D eigenvalue weighted by Gasteiger charge is -2.43. The van der Waals surface area contributed by atoms with E-state index in [1.165, 1.54) is 11.7 Å². The fraction of sp³-hybridized carbons (Fsp3) is 0.562. The minimum Gasteiger partial charge on any atom is -0.340 e. The number of carbonyl (C=O) groups excluding carboxylic acids is 1. The molecule has 3 nitrogen and oxygen atoms in total. The monoisotopic (exact) mass is 290 g/mol. The van der Waals surface area contributed by atoms with Crippen molar-refractivity contribution in [3.05, 3.63) is 35.9 Å². The first-order valence-electron chi connectivity index (χ1n) is 7.41. The largest absolute Gasteiger partial charge is 0.340 e. The van der Waals surface area contributed by atoms with Crippen LogP contribution in [0.4, 0.5) is 0 Å². The molecule has 0 saturated carbocycles. The van der Waals surface area contributed by atoms with Gasteiger partial charge in [-0.1, -0.05) is 50.0 Å². The zero-order valence-corrected chi connectivity index (χ0v) is 14.1. The molecule has 1 saturated heterocycles. The van der Waals surface area contributed by atoms with E-state index in [2.05, 4.69) is 54.9 Å². The SMILES string of the molecule is CC(=O)N1CCN(C[Si](C)(C)C)C(c2ccccc2)C1. The van der Waals surface area contributed by atoms with Crippen LogP contribution in [0.2, 0.25) is 19.6 Å². The van der Waals surface area contributed by atoms with Crippen LogP contribution in [0.5, 0.6) is 0 Å². The van der Waals surface area contributed by atoms with Crippen molar-refractivity contribution >= 4 is 14.0 Å². The molecule has 2 rings (SSSR count). The first-order valence-corrected chi connectivity index (χ1v) is 11.1.